The second-order valence-electron chi connectivity index (χ2n) is 4.70. The van der Waals surface area contributed by atoms with Crippen LogP contribution in [-0.4, -0.2) is 38.0 Å². The average molecular weight is 334 g/mol. The minimum Gasteiger partial charge on any atom is -0.480 e. The van der Waals surface area contributed by atoms with Crippen molar-refractivity contribution < 1.29 is 23.1 Å². The first-order valence-electron chi connectivity index (χ1n) is 6.24. The van der Waals surface area contributed by atoms with Crippen LogP contribution in [0.3, 0.4) is 0 Å². The van der Waals surface area contributed by atoms with Crippen LogP contribution < -0.4 is 10.0 Å². The summed E-state index contributed by atoms with van der Waals surface area (Å²) < 4.78 is 25.4. The molecule has 0 bridgehead atoms. The molecule has 0 radical (unpaired) electrons. The molecule has 0 fully saturated rings. The quantitative estimate of drug-likeness (QED) is 0.689. The number of amides is 1. The topological polar surface area (TPSA) is 113 Å². The Balaban J connectivity index is 2.97. The third-order valence-electron chi connectivity index (χ3n) is 2.99. The van der Waals surface area contributed by atoms with E-state index in [1.807, 2.05) is 6.92 Å². The molecule has 1 rings (SSSR count). The zero-order valence-corrected chi connectivity index (χ0v) is 13.6. The molecule has 21 heavy (non-hydrogen) atoms. The molecular weight excluding hydrogens is 316 g/mol. The van der Waals surface area contributed by atoms with Crippen LogP contribution in [0.1, 0.15) is 36.4 Å². The van der Waals surface area contributed by atoms with Crippen molar-refractivity contribution in [3.8, 4) is 0 Å². The van der Waals surface area contributed by atoms with Crippen LogP contribution in [0.15, 0.2) is 16.3 Å². The van der Waals surface area contributed by atoms with E-state index in [0.29, 0.717) is 6.42 Å². The molecule has 1 aromatic heterocycles. The Morgan fingerprint density at radius 2 is 2.05 bits per heavy atom. The van der Waals surface area contributed by atoms with Gasteiger partial charge in [0, 0.05) is 5.38 Å². The van der Waals surface area contributed by atoms with Crippen molar-refractivity contribution in [2.75, 3.05) is 7.05 Å². The molecule has 7 nitrogen and oxygen atoms in total. The summed E-state index contributed by atoms with van der Waals surface area (Å²) >= 11 is 0.946. The second-order valence-corrected chi connectivity index (χ2v) is 7.49. The number of sulfonamides is 1. The summed E-state index contributed by atoms with van der Waals surface area (Å²) in [5.74, 6) is -1.73. The van der Waals surface area contributed by atoms with E-state index in [2.05, 4.69) is 10.0 Å². The fraction of sp³-hybridized carbons (Fsp3) is 0.500. The highest BCUT2D eigenvalue weighted by molar-refractivity contribution is 7.89. The van der Waals surface area contributed by atoms with Gasteiger partial charge in [0.15, 0.2) is 0 Å². The first-order chi connectivity index (χ1) is 9.66. The molecule has 0 aliphatic carbocycles. The van der Waals surface area contributed by atoms with Gasteiger partial charge < -0.3 is 10.4 Å². The molecule has 0 spiro atoms. The minimum absolute atomic E-state index is 0.0207. The van der Waals surface area contributed by atoms with Gasteiger partial charge in [0.1, 0.15) is 5.54 Å². The molecule has 1 atom stereocenters. The maximum atomic E-state index is 12.1. The zero-order chi connectivity index (χ0) is 16.3. The standard InChI is InChI=1S/C12H18N2O5S2/c1-4-5-12(2,11(16)17)14-10(15)9-6-8(7-20-9)21(18,19)13-3/h6-7,13H,4-5H2,1-3H3,(H,14,15)(H,16,17). The van der Waals surface area contributed by atoms with Gasteiger partial charge in [-0.3, -0.25) is 4.79 Å². The molecule has 1 amide bonds. The van der Waals surface area contributed by atoms with E-state index in [1.165, 1.54) is 25.4 Å². The van der Waals surface area contributed by atoms with E-state index in [1.54, 1.807) is 0 Å². The average Bonchev–Trinajstić information content (AvgIpc) is 2.89. The Bertz CT molecular complexity index is 638. The predicted octanol–water partition coefficient (Wildman–Crippen LogP) is 1.03. The summed E-state index contributed by atoms with van der Waals surface area (Å²) in [7, 11) is -2.34. The number of carboxylic acid groups (broad SMARTS) is 1. The molecule has 0 aromatic carbocycles. The van der Waals surface area contributed by atoms with Crippen molar-refractivity contribution in [3.05, 3.63) is 16.3 Å². The van der Waals surface area contributed by atoms with Crippen LogP contribution >= 0.6 is 11.3 Å². The highest BCUT2D eigenvalue weighted by Crippen LogP contribution is 2.21. The number of carbonyl (C=O) groups is 2. The first-order valence-corrected chi connectivity index (χ1v) is 8.60. The highest BCUT2D eigenvalue weighted by Gasteiger charge is 2.34. The van der Waals surface area contributed by atoms with Crippen LogP contribution in [-0.2, 0) is 14.8 Å². The van der Waals surface area contributed by atoms with E-state index < -0.39 is 27.4 Å². The molecule has 0 aliphatic heterocycles. The van der Waals surface area contributed by atoms with Crippen molar-refractivity contribution in [2.24, 2.45) is 0 Å². The summed E-state index contributed by atoms with van der Waals surface area (Å²) in [5, 5.41) is 13.0. The lowest BCUT2D eigenvalue weighted by Crippen LogP contribution is -2.51. The maximum absolute atomic E-state index is 12.1. The van der Waals surface area contributed by atoms with Gasteiger partial charge in [-0.05, 0) is 26.5 Å². The van der Waals surface area contributed by atoms with Crippen molar-refractivity contribution in [1.29, 1.82) is 0 Å². The van der Waals surface area contributed by atoms with Gasteiger partial charge in [0.05, 0.1) is 9.77 Å². The van der Waals surface area contributed by atoms with Crippen LogP contribution in [0, 0.1) is 0 Å². The van der Waals surface area contributed by atoms with Crippen molar-refractivity contribution in [2.45, 2.75) is 37.1 Å². The lowest BCUT2D eigenvalue weighted by Gasteiger charge is -2.25. The zero-order valence-electron chi connectivity index (χ0n) is 12.0. The van der Waals surface area contributed by atoms with Gasteiger partial charge in [0.2, 0.25) is 10.0 Å². The molecule has 9 heteroatoms. The van der Waals surface area contributed by atoms with Crippen LogP contribution in [0.25, 0.3) is 0 Å². The predicted molar refractivity (Wildman–Crippen MR) is 79.0 cm³/mol. The van der Waals surface area contributed by atoms with E-state index in [-0.39, 0.29) is 16.2 Å². The molecular formula is C12H18N2O5S2. The number of hydrogen-bond donors (Lipinski definition) is 3. The molecule has 118 valence electrons. The maximum Gasteiger partial charge on any atom is 0.329 e. The van der Waals surface area contributed by atoms with Gasteiger partial charge in [-0.1, -0.05) is 13.3 Å². The largest absolute Gasteiger partial charge is 0.480 e. The monoisotopic (exact) mass is 334 g/mol. The normalized spacial score (nSPS) is 14.4. The smallest absolute Gasteiger partial charge is 0.329 e. The van der Waals surface area contributed by atoms with Crippen LogP contribution in [0.5, 0.6) is 0 Å². The number of hydrogen-bond acceptors (Lipinski definition) is 5. The summed E-state index contributed by atoms with van der Waals surface area (Å²) in [6.07, 6.45) is 0.869. The van der Waals surface area contributed by atoms with Gasteiger partial charge in [-0.2, -0.15) is 0 Å². The van der Waals surface area contributed by atoms with Gasteiger partial charge in [0.25, 0.3) is 5.91 Å². The SMILES string of the molecule is CCCC(C)(NC(=O)c1cc(S(=O)(=O)NC)cs1)C(=O)O. The fourth-order valence-electron chi connectivity index (χ4n) is 1.73. The van der Waals surface area contributed by atoms with E-state index in [0.717, 1.165) is 11.3 Å². The van der Waals surface area contributed by atoms with E-state index >= 15 is 0 Å². The summed E-state index contributed by atoms with van der Waals surface area (Å²) in [4.78, 5) is 23.5. The van der Waals surface area contributed by atoms with Crippen LogP contribution in [0.2, 0.25) is 0 Å². The number of nitrogens with one attached hydrogen (secondary N) is 2. The number of carbonyl (C=O) groups excluding carboxylic acids is 1. The van der Waals surface area contributed by atoms with E-state index in [4.69, 9.17) is 0 Å². The Morgan fingerprint density at radius 1 is 1.43 bits per heavy atom. The number of rotatable bonds is 7. The first kappa shape index (κ1) is 17.6. The lowest BCUT2D eigenvalue weighted by molar-refractivity contribution is -0.144. The van der Waals surface area contributed by atoms with Crippen molar-refractivity contribution in [3.63, 3.8) is 0 Å². The number of aliphatic carboxylic acids is 1. The second kappa shape index (κ2) is 6.54. The lowest BCUT2D eigenvalue weighted by atomic mass is 9.96. The fourth-order valence-corrected chi connectivity index (χ4v) is 3.63. The Kier molecular flexibility index (Phi) is 5.48. The third-order valence-corrected chi connectivity index (χ3v) is 5.46. The summed E-state index contributed by atoms with van der Waals surface area (Å²) in [5.41, 5.74) is -1.38. The molecule has 0 saturated heterocycles. The number of thiophene rings is 1. The highest BCUT2D eigenvalue weighted by atomic mass is 32.2. The van der Waals surface area contributed by atoms with Crippen LogP contribution in [0.4, 0.5) is 0 Å². The Morgan fingerprint density at radius 3 is 2.52 bits per heavy atom. The Labute approximate surface area is 127 Å². The van der Waals surface area contributed by atoms with Gasteiger partial charge in [-0.15, -0.1) is 11.3 Å². The van der Waals surface area contributed by atoms with Crippen molar-refractivity contribution >= 4 is 33.2 Å². The van der Waals surface area contributed by atoms with Gasteiger partial charge >= 0.3 is 5.97 Å². The Hall–Kier alpha value is -1.45. The molecule has 1 aromatic rings. The molecule has 0 saturated carbocycles. The molecule has 0 aliphatic rings. The number of carboxylic acids is 1. The van der Waals surface area contributed by atoms with Gasteiger partial charge in [-0.25, -0.2) is 17.9 Å². The third kappa shape index (κ3) is 4.02. The minimum atomic E-state index is -3.62. The summed E-state index contributed by atoms with van der Waals surface area (Å²) in [6.45, 7) is 3.24. The van der Waals surface area contributed by atoms with E-state index in [9.17, 15) is 23.1 Å². The molecule has 1 unspecified atom stereocenters. The molecule has 3 N–H and O–H groups in total. The molecule has 1 heterocycles. The van der Waals surface area contributed by atoms with Crippen molar-refractivity contribution in [1.82, 2.24) is 10.0 Å². The summed E-state index contributed by atoms with van der Waals surface area (Å²) in [6, 6.07) is 1.22.